The van der Waals surface area contributed by atoms with Gasteiger partial charge in [0, 0.05) is 29.3 Å². The molecule has 4 aliphatic rings. The first-order valence-corrected chi connectivity index (χ1v) is 19.4. The number of nitrogens with zero attached hydrogens (tertiary/aromatic N) is 2. The molecule has 4 aromatic rings. The largest absolute Gasteiger partial charge is 0.508 e. The molecule has 2 fully saturated rings. The average molecular weight is 690 g/mol. The fourth-order valence-electron chi connectivity index (χ4n) is 8.88. The summed E-state index contributed by atoms with van der Waals surface area (Å²) < 4.78 is 6.20. The predicted molar refractivity (Wildman–Crippen MR) is 197 cm³/mol. The Kier molecular flexibility index (Phi) is 9.65. The summed E-state index contributed by atoms with van der Waals surface area (Å²) >= 11 is 1.75. The number of aromatic hydroxyl groups is 1. The van der Waals surface area contributed by atoms with Gasteiger partial charge >= 0.3 is 0 Å². The van der Waals surface area contributed by atoms with Crippen molar-refractivity contribution in [2.75, 3.05) is 32.8 Å². The second-order valence-electron chi connectivity index (χ2n) is 14.5. The standard InChI is InChI=1S/C42H47N3O4S/c46-32-13-17-35-31(25-32)12-16-34(28-7-2-1-3-8-28)39(35)29-10-14-33(15-11-29)49-24-5-4-21-44-22-18-30(19-23-44)40-36-26-45(42(48)37(36)27-50-40)38-9-6-20-43-41(38)47/h1-3,7-8,10-11,13-15,17,25,27,30,34,38-39,46H,4-6,9,12,16,18-24,26H2,(H,43,47)/t34-,38?,39+/m1/s1. The van der Waals surface area contributed by atoms with Gasteiger partial charge in [0.2, 0.25) is 5.91 Å². The summed E-state index contributed by atoms with van der Waals surface area (Å²) in [5, 5.41) is 15.1. The average Bonchev–Trinajstić information content (AvgIpc) is 3.71. The van der Waals surface area contributed by atoms with Gasteiger partial charge in [-0.15, -0.1) is 11.3 Å². The highest BCUT2D eigenvalue weighted by Crippen LogP contribution is 2.47. The minimum atomic E-state index is -0.323. The lowest BCUT2D eigenvalue weighted by atomic mass is 9.69. The van der Waals surface area contributed by atoms with Crippen LogP contribution in [0.1, 0.15) is 106 Å². The van der Waals surface area contributed by atoms with Crippen LogP contribution in [0.3, 0.4) is 0 Å². The molecule has 2 amide bonds. The third-order valence-corrected chi connectivity index (χ3v) is 12.7. The Morgan fingerprint density at radius 1 is 0.900 bits per heavy atom. The van der Waals surface area contributed by atoms with Gasteiger partial charge in [0.05, 0.1) is 12.2 Å². The number of hydrogen-bond acceptors (Lipinski definition) is 6. The number of hydrogen-bond donors (Lipinski definition) is 2. The van der Waals surface area contributed by atoms with Crippen molar-refractivity contribution in [2.45, 2.75) is 81.7 Å². The summed E-state index contributed by atoms with van der Waals surface area (Å²) in [5.74, 6) is 2.42. The lowest BCUT2D eigenvalue weighted by Gasteiger charge is -2.35. The van der Waals surface area contributed by atoms with E-state index in [1.165, 1.54) is 32.7 Å². The Labute approximate surface area is 299 Å². The summed E-state index contributed by atoms with van der Waals surface area (Å²) in [6.07, 6.45) is 8.07. The molecule has 1 unspecified atom stereocenters. The van der Waals surface area contributed by atoms with Crippen molar-refractivity contribution in [2.24, 2.45) is 0 Å². The van der Waals surface area contributed by atoms with Crippen LogP contribution >= 0.6 is 11.3 Å². The highest BCUT2D eigenvalue weighted by molar-refractivity contribution is 7.10. The van der Waals surface area contributed by atoms with Gasteiger partial charge in [-0.1, -0.05) is 48.5 Å². The molecule has 0 saturated carbocycles. The van der Waals surface area contributed by atoms with Crippen molar-refractivity contribution < 1.29 is 19.4 Å². The Bertz CT molecular complexity index is 1810. The zero-order chi connectivity index (χ0) is 34.0. The summed E-state index contributed by atoms with van der Waals surface area (Å²) in [6, 6.07) is 25.1. The zero-order valence-electron chi connectivity index (χ0n) is 28.7. The Morgan fingerprint density at radius 2 is 1.72 bits per heavy atom. The van der Waals surface area contributed by atoms with E-state index in [2.05, 4.69) is 70.9 Å². The molecule has 8 heteroatoms. The minimum absolute atomic E-state index is 0.00176. The van der Waals surface area contributed by atoms with Crippen molar-refractivity contribution in [1.29, 1.82) is 0 Å². The lowest BCUT2D eigenvalue weighted by molar-refractivity contribution is -0.127. The molecule has 0 spiro atoms. The fraction of sp³-hybridized carbons (Fsp3) is 0.429. The van der Waals surface area contributed by atoms with E-state index in [9.17, 15) is 14.7 Å². The summed E-state index contributed by atoms with van der Waals surface area (Å²) in [5.41, 5.74) is 7.22. The van der Waals surface area contributed by atoms with Crippen molar-refractivity contribution in [3.05, 3.63) is 116 Å². The highest BCUT2D eigenvalue weighted by Gasteiger charge is 2.40. The lowest BCUT2D eigenvalue weighted by Crippen LogP contribution is -2.50. The molecule has 0 radical (unpaired) electrons. The number of fused-ring (bicyclic) bond motifs is 2. The quantitative estimate of drug-likeness (QED) is 0.168. The predicted octanol–water partition coefficient (Wildman–Crippen LogP) is 7.59. The molecule has 2 N–H and O–H groups in total. The maximum atomic E-state index is 13.2. The van der Waals surface area contributed by atoms with Gasteiger partial charge in [0.1, 0.15) is 17.5 Å². The molecule has 1 aliphatic carbocycles. The van der Waals surface area contributed by atoms with Crippen LogP contribution < -0.4 is 10.1 Å². The molecule has 4 heterocycles. The number of ether oxygens (including phenoxy) is 1. The number of phenolic OH excluding ortho intramolecular Hbond substituents is 1. The smallest absolute Gasteiger partial charge is 0.256 e. The van der Waals surface area contributed by atoms with Crippen molar-refractivity contribution in [3.8, 4) is 11.5 Å². The van der Waals surface area contributed by atoms with Gasteiger partial charge < -0.3 is 25.0 Å². The molecule has 3 aliphatic heterocycles. The number of unbranched alkanes of at least 4 members (excludes halogenated alkanes) is 1. The van der Waals surface area contributed by atoms with Crippen LogP contribution in [0.25, 0.3) is 0 Å². The molecule has 2 saturated heterocycles. The van der Waals surface area contributed by atoms with E-state index in [0.29, 0.717) is 37.3 Å². The molecule has 50 heavy (non-hydrogen) atoms. The second-order valence-corrected chi connectivity index (χ2v) is 15.4. The Morgan fingerprint density at radius 3 is 2.52 bits per heavy atom. The van der Waals surface area contributed by atoms with Crippen LogP contribution in [-0.4, -0.2) is 65.5 Å². The van der Waals surface area contributed by atoms with E-state index in [0.717, 1.165) is 82.3 Å². The van der Waals surface area contributed by atoms with E-state index in [1.807, 2.05) is 22.4 Å². The maximum absolute atomic E-state index is 13.2. The van der Waals surface area contributed by atoms with Gasteiger partial charge in [-0.2, -0.15) is 0 Å². The van der Waals surface area contributed by atoms with Crippen molar-refractivity contribution in [1.82, 2.24) is 15.1 Å². The molecule has 3 atom stereocenters. The number of aryl methyl sites for hydroxylation is 1. The number of rotatable bonds is 10. The molecule has 8 rings (SSSR count). The first kappa shape index (κ1) is 33.0. The third-order valence-electron chi connectivity index (χ3n) is 11.5. The van der Waals surface area contributed by atoms with Gasteiger partial charge in [0.25, 0.3) is 5.91 Å². The molecule has 3 aromatic carbocycles. The van der Waals surface area contributed by atoms with E-state index in [1.54, 1.807) is 11.3 Å². The fourth-order valence-corrected chi connectivity index (χ4v) is 10.1. The molecule has 7 nitrogen and oxygen atoms in total. The molecule has 260 valence electrons. The normalized spacial score (nSPS) is 22.6. The van der Waals surface area contributed by atoms with Crippen LogP contribution in [0.5, 0.6) is 11.5 Å². The van der Waals surface area contributed by atoms with E-state index in [-0.39, 0.29) is 23.8 Å². The number of carbonyl (C=O) groups excluding carboxylic acids is 2. The molecular weight excluding hydrogens is 643 g/mol. The van der Waals surface area contributed by atoms with Crippen molar-refractivity contribution in [3.63, 3.8) is 0 Å². The number of amides is 2. The topological polar surface area (TPSA) is 82.1 Å². The van der Waals surface area contributed by atoms with Crippen LogP contribution in [-0.2, 0) is 17.8 Å². The number of piperidine rings is 2. The van der Waals surface area contributed by atoms with Gasteiger partial charge in [-0.25, -0.2) is 0 Å². The van der Waals surface area contributed by atoms with E-state index in [4.69, 9.17) is 4.74 Å². The van der Waals surface area contributed by atoms with Gasteiger partial charge in [-0.05, 0) is 135 Å². The van der Waals surface area contributed by atoms with Crippen LogP contribution in [0.4, 0.5) is 0 Å². The van der Waals surface area contributed by atoms with Crippen LogP contribution in [0.15, 0.2) is 78.2 Å². The monoisotopic (exact) mass is 689 g/mol. The Hall–Kier alpha value is -4.14. The first-order valence-electron chi connectivity index (χ1n) is 18.5. The number of nitrogens with one attached hydrogen (secondary N) is 1. The van der Waals surface area contributed by atoms with Crippen LogP contribution in [0, 0.1) is 0 Å². The minimum Gasteiger partial charge on any atom is -0.508 e. The van der Waals surface area contributed by atoms with E-state index < -0.39 is 0 Å². The summed E-state index contributed by atoms with van der Waals surface area (Å²) in [6.45, 7) is 5.25. The third kappa shape index (κ3) is 6.68. The number of thiophene rings is 1. The van der Waals surface area contributed by atoms with Gasteiger partial charge in [0.15, 0.2) is 0 Å². The second kappa shape index (κ2) is 14.6. The number of carbonyl (C=O) groups is 2. The molecule has 1 aromatic heterocycles. The maximum Gasteiger partial charge on any atom is 0.256 e. The SMILES string of the molecule is O=C1NCCCC1N1Cc2c(csc2C2CCN(CCCCOc3ccc([C@@H]4c5ccc(O)cc5CC[C@@H]4c4ccccc4)cc3)CC2)C1=O. The molecular formula is C42H47N3O4S. The summed E-state index contributed by atoms with van der Waals surface area (Å²) in [7, 11) is 0. The Balaban J connectivity index is 0.806. The zero-order valence-corrected chi connectivity index (χ0v) is 29.5. The van der Waals surface area contributed by atoms with Crippen molar-refractivity contribution >= 4 is 23.2 Å². The first-order chi connectivity index (χ1) is 24.5. The van der Waals surface area contributed by atoms with Gasteiger partial charge in [-0.3, -0.25) is 9.59 Å². The number of phenols is 1. The molecule has 0 bridgehead atoms. The van der Waals surface area contributed by atoms with E-state index >= 15 is 0 Å². The van der Waals surface area contributed by atoms with Crippen LogP contribution in [0.2, 0.25) is 0 Å². The number of benzene rings is 3. The number of likely N-dealkylation sites (tertiary alicyclic amines) is 1. The summed E-state index contributed by atoms with van der Waals surface area (Å²) in [4.78, 5) is 31.4. The highest BCUT2D eigenvalue weighted by atomic mass is 32.1.